The lowest BCUT2D eigenvalue weighted by Crippen LogP contribution is -2.20. The number of halogens is 1. The van der Waals surface area contributed by atoms with Crippen LogP contribution in [-0.4, -0.2) is 31.1 Å². The minimum Gasteiger partial charge on any atom is -0.332 e. The molecule has 0 radical (unpaired) electrons. The summed E-state index contributed by atoms with van der Waals surface area (Å²) in [5.74, 6) is 0.181. The average molecular weight is 137 g/mol. The molecular weight excluding hydrogens is 128 g/mol. The summed E-state index contributed by atoms with van der Waals surface area (Å²) < 4.78 is 0. The largest absolute Gasteiger partial charge is 0.332 e. The smallest absolute Gasteiger partial charge is 0.237 e. The molecule has 0 unspecified atom stereocenters. The van der Waals surface area contributed by atoms with E-state index in [-0.39, 0.29) is 18.3 Å². The highest BCUT2D eigenvalue weighted by Gasteiger charge is 2.13. The van der Waals surface area contributed by atoms with Gasteiger partial charge in [-0.2, -0.15) is 0 Å². The fourth-order valence-electron chi connectivity index (χ4n) is 0.554. The van der Waals surface area contributed by atoms with Crippen LogP contribution < -0.4 is 5.32 Å². The molecule has 8 heavy (non-hydrogen) atoms. The first kappa shape index (κ1) is 7.72. The molecule has 1 saturated heterocycles. The molecule has 1 fully saturated rings. The summed E-state index contributed by atoms with van der Waals surface area (Å²) in [5, 5.41) is 2.90. The molecule has 0 bridgehead atoms. The summed E-state index contributed by atoms with van der Waals surface area (Å²) in [6, 6.07) is 0. The number of nitrogens with one attached hydrogen (secondary N) is 1. The van der Waals surface area contributed by atoms with Crippen molar-refractivity contribution in [3.63, 3.8) is 0 Å². The van der Waals surface area contributed by atoms with Crippen LogP contribution in [0.2, 0.25) is 0 Å². The Morgan fingerprint density at radius 1 is 1.75 bits per heavy atom. The van der Waals surface area contributed by atoms with Crippen molar-refractivity contribution in [1.29, 1.82) is 0 Å². The molecule has 1 amide bonds. The van der Waals surface area contributed by atoms with Crippen molar-refractivity contribution >= 4 is 18.3 Å². The van der Waals surface area contributed by atoms with Gasteiger partial charge in [-0.25, -0.2) is 0 Å². The van der Waals surface area contributed by atoms with Gasteiger partial charge in [0.25, 0.3) is 0 Å². The predicted molar refractivity (Wildman–Crippen MR) is 32.9 cm³/mol. The lowest BCUT2D eigenvalue weighted by atomic mass is 10.6. The maximum atomic E-state index is 10.4. The van der Waals surface area contributed by atoms with E-state index >= 15 is 0 Å². The Hall–Kier alpha value is -0.280. The maximum Gasteiger partial charge on any atom is 0.237 e. The summed E-state index contributed by atoms with van der Waals surface area (Å²) >= 11 is 0. The van der Waals surface area contributed by atoms with Crippen LogP contribution in [0.3, 0.4) is 0 Å². The van der Waals surface area contributed by atoms with Crippen molar-refractivity contribution in [2.45, 2.75) is 0 Å². The van der Waals surface area contributed by atoms with Gasteiger partial charge in [0, 0.05) is 7.05 Å². The van der Waals surface area contributed by atoms with Gasteiger partial charge in [0.2, 0.25) is 5.91 Å². The highest BCUT2D eigenvalue weighted by Crippen LogP contribution is 1.86. The summed E-state index contributed by atoms with van der Waals surface area (Å²) in [5.41, 5.74) is 0. The van der Waals surface area contributed by atoms with Crippen LogP contribution in [-0.2, 0) is 4.79 Å². The van der Waals surface area contributed by atoms with Crippen molar-refractivity contribution in [2.24, 2.45) is 0 Å². The van der Waals surface area contributed by atoms with Crippen molar-refractivity contribution in [3.8, 4) is 0 Å². The number of likely N-dealkylation sites (N-methyl/N-ethyl adjacent to an activating group) is 1. The van der Waals surface area contributed by atoms with Crippen LogP contribution in [0.1, 0.15) is 0 Å². The number of nitrogens with zero attached hydrogens (tertiary/aromatic N) is 1. The van der Waals surface area contributed by atoms with Crippen molar-refractivity contribution in [3.05, 3.63) is 0 Å². The molecule has 1 aliphatic rings. The zero-order valence-corrected chi connectivity index (χ0v) is 5.49. The Morgan fingerprint density at radius 2 is 2.38 bits per heavy atom. The van der Waals surface area contributed by atoms with Gasteiger partial charge in [0.15, 0.2) is 0 Å². The molecule has 0 aromatic rings. The van der Waals surface area contributed by atoms with Gasteiger partial charge in [0.05, 0.1) is 13.2 Å². The number of amides is 1. The molecule has 0 aromatic carbocycles. The SMILES string of the molecule is CN1CNCC1=O.Cl. The Balaban J connectivity index is 0.000000490. The molecule has 4 heteroatoms. The third kappa shape index (κ3) is 1.35. The van der Waals surface area contributed by atoms with E-state index in [1.54, 1.807) is 11.9 Å². The van der Waals surface area contributed by atoms with E-state index in [1.807, 2.05) is 0 Å². The standard InChI is InChI=1S/C4H8N2O.ClH/c1-6-3-5-2-4(6)7;/h5H,2-3H2,1H3;1H. The van der Waals surface area contributed by atoms with E-state index in [2.05, 4.69) is 5.32 Å². The quantitative estimate of drug-likeness (QED) is 0.484. The molecule has 3 nitrogen and oxygen atoms in total. The van der Waals surface area contributed by atoms with Crippen molar-refractivity contribution in [1.82, 2.24) is 10.2 Å². The first-order chi connectivity index (χ1) is 3.30. The number of hydrogen-bond donors (Lipinski definition) is 1. The Bertz CT molecular complexity index is 96.0. The van der Waals surface area contributed by atoms with Crippen LogP contribution in [0, 0.1) is 0 Å². The molecule has 0 aromatic heterocycles. The zero-order chi connectivity index (χ0) is 5.28. The minimum atomic E-state index is 0. The summed E-state index contributed by atoms with van der Waals surface area (Å²) in [6.07, 6.45) is 0. The van der Waals surface area contributed by atoms with Gasteiger partial charge in [-0.3, -0.25) is 10.1 Å². The lowest BCUT2D eigenvalue weighted by molar-refractivity contribution is -0.125. The first-order valence-corrected chi connectivity index (χ1v) is 2.25. The molecule has 1 rings (SSSR count). The summed E-state index contributed by atoms with van der Waals surface area (Å²) in [6.45, 7) is 1.22. The molecule has 0 saturated carbocycles. The third-order valence-corrected chi connectivity index (χ3v) is 1.05. The normalized spacial score (nSPS) is 18.6. The Labute approximate surface area is 54.5 Å². The minimum absolute atomic E-state index is 0. The molecule has 1 aliphatic heterocycles. The summed E-state index contributed by atoms with van der Waals surface area (Å²) in [4.78, 5) is 12.1. The van der Waals surface area contributed by atoms with Gasteiger partial charge in [-0.05, 0) is 0 Å². The highest BCUT2D eigenvalue weighted by atomic mass is 35.5. The van der Waals surface area contributed by atoms with Crippen LogP contribution in [0.25, 0.3) is 0 Å². The Kier molecular flexibility index (Phi) is 2.79. The molecule has 1 heterocycles. The van der Waals surface area contributed by atoms with E-state index in [1.165, 1.54) is 0 Å². The molecule has 0 atom stereocenters. The van der Waals surface area contributed by atoms with E-state index in [4.69, 9.17) is 0 Å². The highest BCUT2D eigenvalue weighted by molar-refractivity contribution is 5.85. The van der Waals surface area contributed by atoms with E-state index in [0.29, 0.717) is 13.2 Å². The zero-order valence-electron chi connectivity index (χ0n) is 4.68. The van der Waals surface area contributed by atoms with E-state index in [0.717, 1.165) is 0 Å². The monoisotopic (exact) mass is 136 g/mol. The van der Waals surface area contributed by atoms with E-state index < -0.39 is 0 Å². The van der Waals surface area contributed by atoms with Crippen molar-refractivity contribution < 1.29 is 4.79 Å². The molecule has 1 N–H and O–H groups in total. The number of carbonyl (C=O) groups is 1. The Morgan fingerprint density at radius 3 is 2.50 bits per heavy atom. The molecule has 48 valence electrons. The van der Waals surface area contributed by atoms with Gasteiger partial charge in [0.1, 0.15) is 0 Å². The van der Waals surface area contributed by atoms with Gasteiger partial charge >= 0.3 is 0 Å². The van der Waals surface area contributed by atoms with Gasteiger partial charge < -0.3 is 4.90 Å². The predicted octanol–water partition coefficient (Wildman–Crippen LogP) is -0.573. The third-order valence-electron chi connectivity index (χ3n) is 1.05. The fraction of sp³-hybridized carbons (Fsp3) is 0.750. The molecule has 0 spiro atoms. The van der Waals surface area contributed by atoms with Crippen LogP contribution >= 0.6 is 12.4 Å². The van der Waals surface area contributed by atoms with Gasteiger partial charge in [-0.15, -0.1) is 12.4 Å². The number of hydrogen-bond acceptors (Lipinski definition) is 2. The maximum absolute atomic E-state index is 10.4. The van der Waals surface area contributed by atoms with Crippen LogP contribution in [0.5, 0.6) is 0 Å². The second kappa shape index (κ2) is 2.89. The van der Waals surface area contributed by atoms with Crippen molar-refractivity contribution in [2.75, 3.05) is 20.3 Å². The van der Waals surface area contributed by atoms with Crippen LogP contribution in [0.15, 0.2) is 0 Å². The topological polar surface area (TPSA) is 32.3 Å². The summed E-state index contributed by atoms with van der Waals surface area (Å²) in [7, 11) is 1.78. The fourth-order valence-corrected chi connectivity index (χ4v) is 0.554. The first-order valence-electron chi connectivity index (χ1n) is 2.25. The van der Waals surface area contributed by atoms with Gasteiger partial charge in [-0.1, -0.05) is 0 Å². The second-order valence-corrected chi connectivity index (χ2v) is 1.68. The van der Waals surface area contributed by atoms with Crippen LogP contribution in [0.4, 0.5) is 0 Å². The lowest BCUT2D eigenvalue weighted by Gasteiger charge is -2.02. The van der Waals surface area contributed by atoms with E-state index in [9.17, 15) is 4.79 Å². The second-order valence-electron chi connectivity index (χ2n) is 1.68. The number of rotatable bonds is 0. The molecule has 0 aliphatic carbocycles. The average Bonchev–Trinajstić information content (AvgIpc) is 1.91. The number of carbonyl (C=O) groups excluding carboxylic acids is 1. The molecular formula is C4H9ClN2O.